The molecule has 0 aliphatic carbocycles. The summed E-state index contributed by atoms with van der Waals surface area (Å²) in [5, 5.41) is 11.1. The lowest BCUT2D eigenvalue weighted by atomic mass is 10.0. The predicted octanol–water partition coefficient (Wildman–Crippen LogP) is 0.398. The number of carbonyl (C=O) groups excluding carboxylic acids is 1. The van der Waals surface area contributed by atoms with Crippen LogP contribution in [0.25, 0.3) is 0 Å². The molecule has 1 N–H and O–H groups in total. The topological polar surface area (TPSA) is 84.4 Å². The number of rotatable bonds is 5. The number of carbonyl (C=O) groups is 1. The fourth-order valence-electron chi connectivity index (χ4n) is 3.57. The van der Waals surface area contributed by atoms with Crippen LogP contribution in [0.4, 0.5) is 0 Å². The second-order valence-corrected chi connectivity index (χ2v) is 6.90. The average molecular weight is 365 g/mol. The zero-order valence-corrected chi connectivity index (χ0v) is 15.4. The highest BCUT2D eigenvalue weighted by Crippen LogP contribution is 2.24. The van der Waals surface area contributed by atoms with Gasteiger partial charge in [0.05, 0.1) is 34.0 Å². The van der Waals surface area contributed by atoms with Crippen molar-refractivity contribution in [3.8, 4) is 11.8 Å². The first kappa shape index (κ1) is 18.9. The van der Waals surface area contributed by atoms with Crippen molar-refractivity contribution in [1.29, 1.82) is 0 Å². The Morgan fingerprint density at radius 2 is 2.04 bits per heavy atom. The van der Waals surface area contributed by atoms with Gasteiger partial charge in [-0.1, -0.05) is 0 Å². The lowest BCUT2D eigenvalue weighted by Crippen LogP contribution is -2.53. The summed E-state index contributed by atoms with van der Waals surface area (Å²) in [6.07, 6.45) is 2.29. The van der Waals surface area contributed by atoms with Gasteiger partial charge in [-0.05, 0) is 32.0 Å². The summed E-state index contributed by atoms with van der Waals surface area (Å²) in [5.74, 6) is 0.355. The summed E-state index contributed by atoms with van der Waals surface area (Å²) >= 11 is 0. The van der Waals surface area contributed by atoms with Crippen LogP contribution in [0.2, 0.25) is 0 Å². The lowest BCUT2D eigenvalue weighted by molar-refractivity contribution is -0.0524. The maximum Gasteiger partial charge on any atom is 0.259 e. The molecule has 3 rings (SSSR count). The van der Waals surface area contributed by atoms with Crippen LogP contribution in [0.3, 0.4) is 0 Å². The van der Waals surface area contributed by atoms with Crippen molar-refractivity contribution in [2.75, 3.05) is 60.2 Å². The summed E-state index contributed by atoms with van der Waals surface area (Å²) in [5.41, 5.74) is -0.734. The highest BCUT2D eigenvalue weighted by molar-refractivity contribution is 5.96. The third-order valence-corrected chi connectivity index (χ3v) is 4.83. The number of aliphatic hydroxyl groups is 1. The highest BCUT2D eigenvalue weighted by atomic mass is 16.5. The van der Waals surface area contributed by atoms with E-state index in [9.17, 15) is 9.90 Å². The number of β-amino-alcohol motifs (C(OH)–C–C–N with tert-alkyl or cyclic N) is 1. The Bertz CT molecular complexity index is 635. The number of ether oxygens (including phenoxy) is 3. The Morgan fingerprint density at radius 1 is 1.27 bits per heavy atom. The van der Waals surface area contributed by atoms with Crippen molar-refractivity contribution in [2.24, 2.45) is 0 Å². The van der Waals surface area contributed by atoms with Crippen molar-refractivity contribution in [2.45, 2.75) is 18.4 Å². The molecule has 0 aromatic carbocycles. The molecule has 1 aromatic heterocycles. The first-order valence-corrected chi connectivity index (χ1v) is 8.95. The lowest BCUT2D eigenvalue weighted by Gasteiger charge is -2.34. The molecule has 1 aromatic rings. The van der Waals surface area contributed by atoms with Gasteiger partial charge < -0.3 is 29.1 Å². The van der Waals surface area contributed by atoms with Gasteiger partial charge in [-0.3, -0.25) is 4.79 Å². The maximum absolute atomic E-state index is 13.0. The number of aromatic nitrogens is 1. The van der Waals surface area contributed by atoms with E-state index in [2.05, 4.69) is 9.88 Å². The molecule has 0 bridgehead atoms. The van der Waals surface area contributed by atoms with E-state index in [0.29, 0.717) is 31.1 Å². The number of hydrogen-bond donors (Lipinski definition) is 1. The van der Waals surface area contributed by atoms with E-state index in [1.54, 1.807) is 17.0 Å². The molecule has 3 heterocycles. The zero-order valence-electron chi connectivity index (χ0n) is 15.4. The minimum Gasteiger partial charge on any atom is -0.481 e. The molecule has 0 saturated carbocycles. The van der Waals surface area contributed by atoms with E-state index in [1.807, 2.05) is 0 Å². The molecule has 26 heavy (non-hydrogen) atoms. The van der Waals surface area contributed by atoms with E-state index in [4.69, 9.17) is 14.2 Å². The molecule has 0 spiro atoms. The van der Waals surface area contributed by atoms with Crippen LogP contribution in [-0.4, -0.2) is 91.6 Å². The largest absolute Gasteiger partial charge is 0.481 e. The second-order valence-electron chi connectivity index (χ2n) is 6.90. The molecule has 2 saturated heterocycles. The van der Waals surface area contributed by atoms with E-state index in [-0.39, 0.29) is 24.9 Å². The van der Waals surface area contributed by atoms with E-state index in [1.165, 1.54) is 14.2 Å². The third kappa shape index (κ3) is 4.25. The molecule has 1 atom stereocenters. The molecule has 1 amide bonds. The van der Waals surface area contributed by atoms with Crippen LogP contribution in [-0.2, 0) is 4.74 Å². The highest BCUT2D eigenvalue weighted by Gasteiger charge is 2.37. The van der Waals surface area contributed by atoms with Gasteiger partial charge in [0.2, 0.25) is 11.8 Å². The molecule has 144 valence electrons. The molecular formula is C18H27N3O5. The molecule has 0 radical (unpaired) electrons. The zero-order chi connectivity index (χ0) is 18.6. The Hall–Kier alpha value is -1.90. The SMILES string of the molecule is COc1ccc(C(=O)N2CCOC[C@@](O)(CN3CCCC3)C2)c(OC)n1. The van der Waals surface area contributed by atoms with Gasteiger partial charge in [0.25, 0.3) is 5.91 Å². The number of methoxy groups -OCH3 is 2. The number of nitrogens with zero attached hydrogens (tertiary/aromatic N) is 3. The van der Waals surface area contributed by atoms with Crippen LogP contribution >= 0.6 is 0 Å². The van der Waals surface area contributed by atoms with Crippen molar-refractivity contribution in [3.63, 3.8) is 0 Å². The Kier molecular flexibility index (Phi) is 5.95. The summed E-state index contributed by atoms with van der Waals surface area (Å²) < 4.78 is 15.9. The Morgan fingerprint density at radius 3 is 2.73 bits per heavy atom. The molecule has 0 unspecified atom stereocenters. The number of amides is 1. The van der Waals surface area contributed by atoms with Gasteiger partial charge in [0.15, 0.2) is 0 Å². The Labute approximate surface area is 153 Å². The monoisotopic (exact) mass is 365 g/mol. The molecule has 2 fully saturated rings. The van der Waals surface area contributed by atoms with E-state index in [0.717, 1.165) is 25.9 Å². The normalized spacial score (nSPS) is 24.3. The van der Waals surface area contributed by atoms with Crippen LogP contribution in [0.15, 0.2) is 12.1 Å². The van der Waals surface area contributed by atoms with Crippen molar-refractivity contribution < 1.29 is 24.1 Å². The van der Waals surface area contributed by atoms with Crippen molar-refractivity contribution >= 4 is 5.91 Å². The maximum atomic E-state index is 13.0. The molecular weight excluding hydrogens is 338 g/mol. The van der Waals surface area contributed by atoms with E-state index >= 15 is 0 Å². The minimum absolute atomic E-state index is 0.211. The van der Waals surface area contributed by atoms with Crippen LogP contribution in [0, 0.1) is 0 Å². The fourth-order valence-corrected chi connectivity index (χ4v) is 3.57. The first-order chi connectivity index (χ1) is 12.5. The Balaban J connectivity index is 1.77. The smallest absolute Gasteiger partial charge is 0.259 e. The van der Waals surface area contributed by atoms with Gasteiger partial charge in [0.1, 0.15) is 11.2 Å². The van der Waals surface area contributed by atoms with Crippen LogP contribution < -0.4 is 9.47 Å². The quantitative estimate of drug-likeness (QED) is 0.808. The number of pyridine rings is 1. The van der Waals surface area contributed by atoms with Crippen molar-refractivity contribution in [1.82, 2.24) is 14.8 Å². The van der Waals surface area contributed by atoms with E-state index < -0.39 is 5.60 Å². The number of hydrogen-bond acceptors (Lipinski definition) is 7. The second kappa shape index (κ2) is 8.20. The summed E-state index contributed by atoms with van der Waals surface area (Å²) in [6.45, 7) is 3.72. The fraction of sp³-hybridized carbons (Fsp3) is 0.667. The van der Waals surface area contributed by atoms with Crippen molar-refractivity contribution in [3.05, 3.63) is 17.7 Å². The molecule has 2 aliphatic rings. The average Bonchev–Trinajstić information content (AvgIpc) is 3.07. The third-order valence-electron chi connectivity index (χ3n) is 4.83. The summed E-state index contributed by atoms with van der Waals surface area (Å²) in [7, 11) is 2.97. The van der Waals surface area contributed by atoms with Gasteiger partial charge in [0, 0.05) is 19.2 Å². The minimum atomic E-state index is -1.08. The molecule has 8 heteroatoms. The van der Waals surface area contributed by atoms with Crippen LogP contribution in [0.1, 0.15) is 23.2 Å². The summed E-state index contributed by atoms with van der Waals surface area (Å²) in [6, 6.07) is 3.26. The predicted molar refractivity (Wildman–Crippen MR) is 94.7 cm³/mol. The van der Waals surface area contributed by atoms with Gasteiger partial charge >= 0.3 is 0 Å². The number of likely N-dealkylation sites (tertiary alicyclic amines) is 1. The first-order valence-electron chi connectivity index (χ1n) is 8.95. The van der Waals surface area contributed by atoms with Gasteiger partial charge in [-0.15, -0.1) is 0 Å². The van der Waals surface area contributed by atoms with Crippen LogP contribution in [0.5, 0.6) is 11.8 Å². The molecule has 2 aliphatic heterocycles. The summed E-state index contributed by atoms with van der Waals surface area (Å²) in [4.78, 5) is 21.1. The molecule has 8 nitrogen and oxygen atoms in total. The van der Waals surface area contributed by atoms with Gasteiger partial charge in [-0.25, -0.2) is 0 Å². The van der Waals surface area contributed by atoms with Gasteiger partial charge in [-0.2, -0.15) is 4.98 Å². The standard InChI is InChI=1S/C18H27N3O5/c1-24-15-6-5-14(16(19-15)25-2)17(22)21-9-10-26-13-18(23,12-21)11-20-7-3-4-8-20/h5-6,23H,3-4,7-13H2,1-2H3/t18-/m1/s1.